The largest absolute Gasteiger partial charge is 0.496 e. The number of ether oxygens (including phenoxy) is 2. The van der Waals surface area contributed by atoms with Gasteiger partial charge in [0, 0.05) is 37.4 Å². The summed E-state index contributed by atoms with van der Waals surface area (Å²) in [5.74, 6) is 0.554. The molecule has 1 aliphatic heterocycles. The molecule has 0 bridgehead atoms. The molecule has 1 amide bonds. The molecule has 0 N–H and O–H groups in total. The minimum Gasteiger partial charge on any atom is -0.496 e. The summed E-state index contributed by atoms with van der Waals surface area (Å²) >= 11 is 0. The number of piperazine rings is 1. The van der Waals surface area contributed by atoms with Crippen LogP contribution in [0.15, 0.2) is 18.2 Å². The summed E-state index contributed by atoms with van der Waals surface area (Å²) in [7, 11) is 1.56. The molecule has 6 nitrogen and oxygen atoms in total. The van der Waals surface area contributed by atoms with E-state index < -0.39 is 5.60 Å². The van der Waals surface area contributed by atoms with Gasteiger partial charge in [0.2, 0.25) is 0 Å². The molecule has 0 unspecified atom stereocenters. The second kappa shape index (κ2) is 7.33. The van der Waals surface area contributed by atoms with Gasteiger partial charge in [-0.15, -0.1) is 0 Å². The summed E-state index contributed by atoms with van der Waals surface area (Å²) in [6, 6.07) is 5.63. The number of benzene rings is 1. The van der Waals surface area contributed by atoms with Crippen LogP contribution < -0.4 is 9.64 Å². The Hall–Kier alpha value is -2.24. The summed E-state index contributed by atoms with van der Waals surface area (Å²) in [4.78, 5) is 27.9. The Morgan fingerprint density at radius 3 is 2.40 bits per heavy atom. The van der Waals surface area contributed by atoms with Gasteiger partial charge in [-0.2, -0.15) is 0 Å². The molecule has 1 aromatic rings. The van der Waals surface area contributed by atoms with Gasteiger partial charge in [-0.1, -0.05) is 0 Å². The standard InChI is InChI=1S/C19H28N2O4/c1-13-12-20(9-10-21(13)18(23)25-19(3,4)5)15-7-8-16(14(2)22)17(11-15)24-6/h7-8,11,13H,9-10,12H2,1-6H3/t13-/m1/s1. The first-order valence-corrected chi connectivity index (χ1v) is 8.56. The quantitative estimate of drug-likeness (QED) is 0.784. The highest BCUT2D eigenvalue weighted by Gasteiger charge is 2.31. The zero-order chi connectivity index (χ0) is 18.8. The Kier molecular flexibility index (Phi) is 5.60. The zero-order valence-corrected chi connectivity index (χ0v) is 16.0. The van der Waals surface area contributed by atoms with E-state index in [1.807, 2.05) is 39.8 Å². The Balaban J connectivity index is 2.10. The first-order valence-electron chi connectivity index (χ1n) is 8.56. The summed E-state index contributed by atoms with van der Waals surface area (Å²) in [5.41, 5.74) is 1.06. The van der Waals surface area contributed by atoms with Gasteiger partial charge < -0.3 is 19.3 Å². The molecule has 0 aliphatic carbocycles. The first kappa shape index (κ1) is 19.1. The third-order valence-electron chi connectivity index (χ3n) is 4.19. The number of carbonyl (C=O) groups is 2. The van der Waals surface area contributed by atoms with Gasteiger partial charge in [0.15, 0.2) is 5.78 Å². The van der Waals surface area contributed by atoms with Gasteiger partial charge >= 0.3 is 6.09 Å². The first-order chi connectivity index (χ1) is 11.6. The molecular formula is C19H28N2O4. The number of hydrogen-bond donors (Lipinski definition) is 0. The fraction of sp³-hybridized carbons (Fsp3) is 0.579. The molecule has 1 heterocycles. The number of anilines is 1. The highest BCUT2D eigenvalue weighted by Crippen LogP contribution is 2.28. The van der Waals surface area contributed by atoms with Crippen LogP contribution in [0.3, 0.4) is 0 Å². The Morgan fingerprint density at radius 1 is 1.20 bits per heavy atom. The molecule has 1 atom stereocenters. The number of methoxy groups -OCH3 is 1. The Bertz CT molecular complexity index is 651. The molecule has 0 aromatic heterocycles. The van der Waals surface area contributed by atoms with E-state index in [-0.39, 0.29) is 17.9 Å². The molecule has 1 fully saturated rings. The summed E-state index contributed by atoms with van der Waals surface area (Å²) in [6.07, 6.45) is -0.274. The highest BCUT2D eigenvalue weighted by molar-refractivity contribution is 5.97. The molecule has 0 spiro atoms. The van der Waals surface area contributed by atoms with E-state index in [9.17, 15) is 9.59 Å². The number of carbonyl (C=O) groups excluding carboxylic acids is 2. The normalized spacial score (nSPS) is 18.1. The van der Waals surface area contributed by atoms with Crippen molar-refractivity contribution in [1.29, 1.82) is 0 Å². The maximum absolute atomic E-state index is 12.3. The predicted octanol–water partition coefficient (Wildman–Crippen LogP) is 3.34. The molecule has 1 aromatic carbocycles. The van der Waals surface area contributed by atoms with Crippen molar-refractivity contribution in [3.05, 3.63) is 23.8 Å². The molecule has 2 rings (SSSR count). The van der Waals surface area contributed by atoms with E-state index in [1.54, 1.807) is 18.1 Å². The van der Waals surface area contributed by atoms with Crippen LogP contribution in [0.5, 0.6) is 5.75 Å². The van der Waals surface area contributed by atoms with Crippen molar-refractivity contribution in [3.63, 3.8) is 0 Å². The molecule has 1 aliphatic rings. The number of nitrogens with zero attached hydrogens (tertiary/aromatic N) is 2. The zero-order valence-electron chi connectivity index (χ0n) is 16.0. The van der Waals surface area contributed by atoms with Crippen molar-refractivity contribution in [3.8, 4) is 5.75 Å². The summed E-state index contributed by atoms with van der Waals surface area (Å²) in [5, 5.41) is 0. The summed E-state index contributed by atoms with van der Waals surface area (Å²) in [6.45, 7) is 11.1. The minimum absolute atomic E-state index is 0.0217. The van der Waals surface area contributed by atoms with Crippen LogP contribution >= 0.6 is 0 Å². The van der Waals surface area contributed by atoms with Crippen molar-refractivity contribution < 1.29 is 19.1 Å². The number of rotatable bonds is 3. The van der Waals surface area contributed by atoms with Crippen molar-refractivity contribution in [1.82, 2.24) is 4.90 Å². The second-order valence-corrected chi connectivity index (χ2v) is 7.41. The number of hydrogen-bond acceptors (Lipinski definition) is 5. The van der Waals surface area contributed by atoms with Crippen molar-refractivity contribution >= 4 is 17.6 Å². The van der Waals surface area contributed by atoms with E-state index in [4.69, 9.17) is 9.47 Å². The monoisotopic (exact) mass is 348 g/mol. The molecule has 0 radical (unpaired) electrons. The Labute approximate surface area is 149 Å². The van der Waals surface area contributed by atoms with Crippen LogP contribution in [0.1, 0.15) is 45.0 Å². The van der Waals surface area contributed by atoms with Crippen LogP contribution in [0.25, 0.3) is 0 Å². The lowest BCUT2D eigenvalue weighted by atomic mass is 10.1. The van der Waals surface area contributed by atoms with Crippen molar-refractivity contribution in [2.24, 2.45) is 0 Å². The van der Waals surface area contributed by atoms with Gasteiger partial charge in [-0.3, -0.25) is 4.79 Å². The van der Waals surface area contributed by atoms with Gasteiger partial charge in [0.1, 0.15) is 11.4 Å². The van der Waals surface area contributed by atoms with E-state index in [0.717, 1.165) is 5.69 Å². The van der Waals surface area contributed by atoms with Gasteiger partial charge in [-0.05, 0) is 46.8 Å². The lowest BCUT2D eigenvalue weighted by Crippen LogP contribution is -2.55. The minimum atomic E-state index is -0.496. The van der Waals surface area contributed by atoms with Gasteiger partial charge in [-0.25, -0.2) is 4.79 Å². The lowest BCUT2D eigenvalue weighted by Gasteiger charge is -2.41. The molecule has 6 heteroatoms. The highest BCUT2D eigenvalue weighted by atomic mass is 16.6. The number of Topliss-reactive ketones (excluding diaryl/α,β-unsaturated/α-hetero) is 1. The smallest absolute Gasteiger partial charge is 0.410 e. The van der Waals surface area contributed by atoms with Crippen LogP contribution in [0, 0.1) is 0 Å². The van der Waals surface area contributed by atoms with E-state index in [1.165, 1.54) is 6.92 Å². The SMILES string of the molecule is COc1cc(N2CCN(C(=O)OC(C)(C)C)[C@H](C)C2)ccc1C(C)=O. The van der Waals surface area contributed by atoms with Crippen LogP contribution in [0.4, 0.5) is 10.5 Å². The number of amides is 1. The van der Waals surface area contributed by atoms with Crippen molar-refractivity contribution in [2.45, 2.75) is 46.3 Å². The molecule has 1 saturated heterocycles. The topological polar surface area (TPSA) is 59.1 Å². The molecule has 138 valence electrons. The van der Waals surface area contributed by atoms with Gasteiger partial charge in [0.25, 0.3) is 0 Å². The number of ketones is 1. The predicted molar refractivity (Wildman–Crippen MR) is 97.6 cm³/mol. The molecule has 0 saturated carbocycles. The Morgan fingerprint density at radius 2 is 1.88 bits per heavy atom. The van der Waals surface area contributed by atoms with Crippen molar-refractivity contribution in [2.75, 3.05) is 31.6 Å². The third-order valence-corrected chi connectivity index (χ3v) is 4.19. The van der Waals surface area contributed by atoms with E-state index >= 15 is 0 Å². The fourth-order valence-corrected chi connectivity index (χ4v) is 2.95. The molecular weight excluding hydrogens is 320 g/mol. The maximum Gasteiger partial charge on any atom is 0.410 e. The third kappa shape index (κ3) is 4.65. The van der Waals surface area contributed by atoms with Crippen LogP contribution in [-0.4, -0.2) is 55.2 Å². The molecule has 25 heavy (non-hydrogen) atoms. The summed E-state index contributed by atoms with van der Waals surface area (Å²) < 4.78 is 10.8. The fourth-order valence-electron chi connectivity index (χ4n) is 2.95. The van der Waals surface area contributed by atoms with Crippen LogP contribution in [-0.2, 0) is 4.74 Å². The van der Waals surface area contributed by atoms with E-state index in [2.05, 4.69) is 4.90 Å². The van der Waals surface area contributed by atoms with Crippen LogP contribution in [0.2, 0.25) is 0 Å². The lowest BCUT2D eigenvalue weighted by molar-refractivity contribution is 0.0159. The average molecular weight is 348 g/mol. The van der Waals surface area contributed by atoms with Gasteiger partial charge in [0.05, 0.1) is 12.7 Å². The second-order valence-electron chi connectivity index (χ2n) is 7.41. The maximum atomic E-state index is 12.3. The van der Waals surface area contributed by atoms with E-state index in [0.29, 0.717) is 30.9 Å². The average Bonchev–Trinajstić information content (AvgIpc) is 2.52.